The van der Waals surface area contributed by atoms with Gasteiger partial charge in [0.15, 0.2) is 5.43 Å². The van der Waals surface area contributed by atoms with Crippen molar-refractivity contribution in [3.8, 4) is 0 Å². The van der Waals surface area contributed by atoms with Crippen molar-refractivity contribution < 1.29 is 4.79 Å². The molecule has 1 heterocycles. The molecule has 1 aliphatic rings. The van der Waals surface area contributed by atoms with Gasteiger partial charge in [-0.05, 0) is 43.4 Å². The van der Waals surface area contributed by atoms with E-state index in [4.69, 9.17) is 11.6 Å². The van der Waals surface area contributed by atoms with Gasteiger partial charge in [-0.1, -0.05) is 23.7 Å². The van der Waals surface area contributed by atoms with E-state index < -0.39 is 0 Å². The lowest BCUT2D eigenvalue weighted by molar-refractivity contribution is 0.0949. The highest BCUT2D eigenvalue weighted by atomic mass is 35.5. The third-order valence-electron chi connectivity index (χ3n) is 3.99. The number of carbonyl (C=O) groups excluding carboxylic acids is 1. The van der Waals surface area contributed by atoms with Crippen LogP contribution in [0.15, 0.2) is 35.3 Å². The van der Waals surface area contributed by atoms with Gasteiger partial charge in [0.25, 0.3) is 5.91 Å². The number of nitrogens with one attached hydrogen (secondary N) is 2. The fourth-order valence-electron chi connectivity index (χ4n) is 2.75. The second-order valence-electron chi connectivity index (χ2n) is 5.50. The van der Waals surface area contributed by atoms with Crippen LogP contribution in [0.2, 0.25) is 5.02 Å². The Morgan fingerprint density at radius 3 is 2.68 bits per heavy atom. The highest BCUT2D eigenvalue weighted by Crippen LogP contribution is 2.16. The van der Waals surface area contributed by atoms with Crippen LogP contribution in [0.4, 0.5) is 0 Å². The molecule has 2 N–H and O–H groups in total. The van der Waals surface area contributed by atoms with Crippen molar-refractivity contribution in [2.24, 2.45) is 0 Å². The van der Waals surface area contributed by atoms with Crippen LogP contribution in [0.1, 0.15) is 40.0 Å². The maximum atomic E-state index is 12.4. The maximum Gasteiger partial charge on any atom is 0.257 e. The molecular formula is C17H17ClN2O2. The lowest BCUT2D eigenvalue weighted by Gasteiger charge is -2.15. The average Bonchev–Trinajstić information content (AvgIpc) is 2.55. The molecule has 0 bridgehead atoms. The fourth-order valence-corrected chi connectivity index (χ4v) is 2.88. The predicted molar refractivity (Wildman–Crippen MR) is 86.3 cm³/mol. The van der Waals surface area contributed by atoms with E-state index in [1.54, 1.807) is 12.1 Å². The molecule has 4 nitrogen and oxygen atoms in total. The minimum atomic E-state index is -0.343. The number of rotatable bonds is 3. The zero-order valence-electron chi connectivity index (χ0n) is 12.1. The van der Waals surface area contributed by atoms with Gasteiger partial charge in [0.05, 0.1) is 0 Å². The van der Waals surface area contributed by atoms with Gasteiger partial charge in [-0.25, -0.2) is 0 Å². The number of amides is 1. The van der Waals surface area contributed by atoms with Gasteiger partial charge in [-0.15, -0.1) is 0 Å². The number of carbonyl (C=O) groups is 1. The lowest BCUT2D eigenvalue weighted by atomic mass is 9.94. The molecule has 2 aromatic rings. The molecule has 22 heavy (non-hydrogen) atoms. The average molecular weight is 317 g/mol. The SMILES string of the molecule is O=C(NCc1ccc(Cl)cc1)c1c[nH]c2c(c1=O)CCCC2. The Bertz CT molecular complexity index is 750. The molecular weight excluding hydrogens is 300 g/mol. The Hall–Kier alpha value is -2.07. The molecule has 1 aliphatic carbocycles. The number of pyridine rings is 1. The summed E-state index contributed by atoms with van der Waals surface area (Å²) in [7, 11) is 0. The van der Waals surface area contributed by atoms with Crippen LogP contribution in [0, 0.1) is 0 Å². The summed E-state index contributed by atoms with van der Waals surface area (Å²) in [6.07, 6.45) is 5.26. The third-order valence-corrected chi connectivity index (χ3v) is 4.24. The molecule has 0 atom stereocenters. The summed E-state index contributed by atoms with van der Waals surface area (Å²) in [6.45, 7) is 0.368. The van der Waals surface area contributed by atoms with Crippen LogP contribution in [-0.2, 0) is 19.4 Å². The van der Waals surface area contributed by atoms with Crippen molar-refractivity contribution in [3.05, 3.63) is 68.1 Å². The highest BCUT2D eigenvalue weighted by Gasteiger charge is 2.18. The van der Waals surface area contributed by atoms with E-state index in [9.17, 15) is 9.59 Å². The Kier molecular flexibility index (Phi) is 4.29. The second-order valence-corrected chi connectivity index (χ2v) is 5.94. The van der Waals surface area contributed by atoms with Crippen LogP contribution >= 0.6 is 11.6 Å². The molecule has 3 rings (SSSR count). The summed E-state index contributed by atoms with van der Waals surface area (Å²) in [5.74, 6) is -0.343. The van der Waals surface area contributed by atoms with E-state index >= 15 is 0 Å². The molecule has 0 saturated carbocycles. The Morgan fingerprint density at radius 1 is 1.18 bits per heavy atom. The van der Waals surface area contributed by atoms with E-state index in [2.05, 4.69) is 10.3 Å². The standard InChI is InChI=1S/C17H17ClN2O2/c18-12-7-5-11(6-8-12)9-20-17(22)14-10-19-15-4-2-1-3-13(15)16(14)21/h5-8,10H,1-4,9H2,(H,19,21)(H,20,22). The monoisotopic (exact) mass is 316 g/mol. The van der Waals surface area contributed by atoms with Crippen LogP contribution in [0.3, 0.4) is 0 Å². The number of fused-ring (bicyclic) bond motifs is 1. The zero-order chi connectivity index (χ0) is 15.5. The van der Waals surface area contributed by atoms with E-state index in [0.717, 1.165) is 42.5 Å². The first kappa shape index (κ1) is 14.9. The minimum Gasteiger partial charge on any atom is -0.364 e. The van der Waals surface area contributed by atoms with Crippen LogP contribution in [0.25, 0.3) is 0 Å². The molecule has 0 unspecified atom stereocenters. The molecule has 1 amide bonds. The van der Waals surface area contributed by atoms with Gasteiger partial charge in [0.1, 0.15) is 5.56 Å². The number of aromatic amines is 1. The highest BCUT2D eigenvalue weighted by molar-refractivity contribution is 6.30. The van der Waals surface area contributed by atoms with Crippen LogP contribution in [0.5, 0.6) is 0 Å². The molecule has 114 valence electrons. The summed E-state index contributed by atoms with van der Waals surface area (Å²) < 4.78 is 0. The molecule has 0 fully saturated rings. The molecule has 0 spiro atoms. The second kappa shape index (κ2) is 6.36. The Labute approximate surface area is 133 Å². The number of hydrogen-bond acceptors (Lipinski definition) is 2. The van der Waals surface area contributed by atoms with E-state index in [1.165, 1.54) is 6.20 Å². The summed E-state index contributed by atoms with van der Waals surface area (Å²) in [5.41, 5.74) is 2.74. The van der Waals surface area contributed by atoms with Crippen molar-refractivity contribution in [2.45, 2.75) is 32.2 Å². The van der Waals surface area contributed by atoms with Crippen molar-refractivity contribution >= 4 is 17.5 Å². The normalized spacial score (nSPS) is 13.5. The first-order valence-corrected chi connectivity index (χ1v) is 7.79. The smallest absolute Gasteiger partial charge is 0.257 e. The van der Waals surface area contributed by atoms with Crippen molar-refractivity contribution in [1.29, 1.82) is 0 Å². The van der Waals surface area contributed by atoms with Gasteiger partial charge >= 0.3 is 0 Å². The number of aryl methyl sites for hydroxylation is 1. The zero-order valence-corrected chi connectivity index (χ0v) is 12.9. The van der Waals surface area contributed by atoms with Gasteiger partial charge in [0.2, 0.25) is 0 Å². The van der Waals surface area contributed by atoms with Crippen LogP contribution < -0.4 is 10.7 Å². The molecule has 0 radical (unpaired) electrons. The Balaban J connectivity index is 1.75. The Morgan fingerprint density at radius 2 is 1.91 bits per heavy atom. The summed E-state index contributed by atoms with van der Waals surface area (Å²) in [4.78, 5) is 27.8. The van der Waals surface area contributed by atoms with Crippen molar-refractivity contribution in [1.82, 2.24) is 10.3 Å². The first-order chi connectivity index (χ1) is 10.6. The van der Waals surface area contributed by atoms with Gasteiger partial charge in [-0.2, -0.15) is 0 Å². The largest absolute Gasteiger partial charge is 0.364 e. The van der Waals surface area contributed by atoms with Crippen molar-refractivity contribution in [2.75, 3.05) is 0 Å². The lowest BCUT2D eigenvalue weighted by Crippen LogP contribution is -2.31. The van der Waals surface area contributed by atoms with E-state index in [1.807, 2.05) is 12.1 Å². The van der Waals surface area contributed by atoms with Gasteiger partial charge in [-0.3, -0.25) is 9.59 Å². The molecule has 1 aromatic heterocycles. The molecule has 1 aromatic carbocycles. The number of hydrogen-bond donors (Lipinski definition) is 2. The third kappa shape index (κ3) is 3.07. The molecule has 0 saturated heterocycles. The molecule has 5 heteroatoms. The van der Waals surface area contributed by atoms with E-state index in [0.29, 0.717) is 11.6 Å². The summed E-state index contributed by atoms with van der Waals surface area (Å²) in [5, 5.41) is 3.43. The number of benzene rings is 1. The minimum absolute atomic E-state index is 0.137. The summed E-state index contributed by atoms with van der Waals surface area (Å²) in [6, 6.07) is 7.24. The number of halogens is 1. The number of H-pyrrole nitrogens is 1. The van der Waals surface area contributed by atoms with Gasteiger partial charge in [0, 0.05) is 29.0 Å². The van der Waals surface area contributed by atoms with E-state index in [-0.39, 0.29) is 16.9 Å². The van der Waals surface area contributed by atoms with Gasteiger partial charge < -0.3 is 10.3 Å². The van der Waals surface area contributed by atoms with Crippen LogP contribution in [-0.4, -0.2) is 10.9 Å². The van der Waals surface area contributed by atoms with Crippen molar-refractivity contribution in [3.63, 3.8) is 0 Å². The summed E-state index contributed by atoms with van der Waals surface area (Å²) >= 11 is 5.83. The topological polar surface area (TPSA) is 62.0 Å². The predicted octanol–water partition coefficient (Wildman–Crippen LogP) is 2.84. The number of aromatic nitrogens is 1. The quantitative estimate of drug-likeness (QED) is 0.914. The fraction of sp³-hybridized carbons (Fsp3) is 0.294. The maximum absolute atomic E-state index is 12.4. The molecule has 0 aliphatic heterocycles. The first-order valence-electron chi connectivity index (χ1n) is 7.41.